The van der Waals surface area contributed by atoms with Crippen LogP contribution in [0.5, 0.6) is 0 Å². The molecule has 0 aromatic heterocycles. The van der Waals surface area contributed by atoms with Crippen LogP contribution >= 0.6 is 0 Å². The van der Waals surface area contributed by atoms with E-state index in [0.29, 0.717) is 12.8 Å². The molecule has 0 bridgehead atoms. The van der Waals surface area contributed by atoms with Crippen molar-refractivity contribution in [3.8, 4) is 11.1 Å². The predicted octanol–water partition coefficient (Wildman–Crippen LogP) is 2.05. The Kier molecular flexibility index (Phi) is 3.41. The summed E-state index contributed by atoms with van der Waals surface area (Å²) in [6, 6.07) is 15.0. The molecule has 0 spiro atoms. The molecule has 2 aliphatic rings. The average Bonchev–Trinajstić information content (AvgIpc) is 2.93. The summed E-state index contributed by atoms with van der Waals surface area (Å²) in [5.41, 5.74) is 3.93. The molecule has 24 heavy (non-hydrogen) atoms. The number of carbonyl (C=O) groups excluding carboxylic acids is 3. The summed E-state index contributed by atoms with van der Waals surface area (Å²) >= 11 is 0. The lowest BCUT2D eigenvalue weighted by molar-refractivity contribution is -0.127. The number of nitrogens with zero attached hydrogens (tertiary/aromatic N) is 1. The molecule has 5 nitrogen and oxygen atoms in total. The first-order valence-electron chi connectivity index (χ1n) is 7.98. The lowest BCUT2D eigenvalue weighted by Crippen LogP contribution is -2.47. The van der Waals surface area contributed by atoms with Crippen molar-refractivity contribution in [1.29, 1.82) is 0 Å². The molecule has 1 atom stereocenters. The summed E-state index contributed by atoms with van der Waals surface area (Å²) in [7, 11) is 0. The van der Waals surface area contributed by atoms with Gasteiger partial charge in [-0.25, -0.2) is 0 Å². The minimum atomic E-state index is -0.741. The third-order valence-corrected chi connectivity index (χ3v) is 4.61. The SMILES string of the molecule is O=C1CC(N2C(=O)CCc3c(-c4ccccc4)cccc32)C(=O)N1. The van der Waals surface area contributed by atoms with Gasteiger partial charge in [0.15, 0.2) is 0 Å². The van der Waals surface area contributed by atoms with Gasteiger partial charge in [0.05, 0.1) is 6.42 Å². The van der Waals surface area contributed by atoms with E-state index in [1.807, 2.05) is 48.5 Å². The Morgan fingerprint density at radius 3 is 2.42 bits per heavy atom. The van der Waals surface area contributed by atoms with Gasteiger partial charge in [0.25, 0.3) is 0 Å². The Bertz CT molecular complexity index is 845. The Morgan fingerprint density at radius 2 is 1.71 bits per heavy atom. The lowest BCUT2D eigenvalue weighted by Gasteiger charge is -2.33. The Balaban J connectivity index is 1.83. The van der Waals surface area contributed by atoms with Crippen LogP contribution in [0.3, 0.4) is 0 Å². The first kappa shape index (κ1) is 14.6. The van der Waals surface area contributed by atoms with Gasteiger partial charge in [-0.3, -0.25) is 24.6 Å². The second-order valence-electron chi connectivity index (χ2n) is 6.07. The van der Waals surface area contributed by atoms with Crippen molar-refractivity contribution in [2.75, 3.05) is 4.90 Å². The van der Waals surface area contributed by atoms with Crippen LogP contribution < -0.4 is 10.2 Å². The minimum Gasteiger partial charge on any atom is -0.299 e. The lowest BCUT2D eigenvalue weighted by atomic mass is 9.91. The summed E-state index contributed by atoms with van der Waals surface area (Å²) in [6.45, 7) is 0. The molecular weight excluding hydrogens is 304 g/mol. The maximum Gasteiger partial charge on any atom is 0.250 e. The molecule has 2 aromatic carbocycles. The van der Waals surface area contributed by atoms with Crippen molar-refractivity contribution in [1.82, 2.24) is 5.32 Å². The third-order valence-electron chi connectivity index (χ3n) is 4.61. The highest BCUT2D eigenvalue weighted by Gasteiger charge is 2.41. The van der Waals surface area contributed by atoms with Crippen molar-refractivity contribution in [3.05, 3.63) is 54.1 Å². The number of carbonyl (C=O) groups is 3. The van der Waals surface area contributed by atoms with Crippen LogP contribution in [0.25, 0.3) is 11.1 Å². The van der Waals surface area contributed by atoms with Crippen molar-refractivity contribution in [3.63, 3.8) is 0 Å². The number of hydrogen-bond donors (Lipinski definition) is 1. The molecule has 0 aliphatic carbocycles. The van der Waals surface area contributed by atoms with Crippen LogP contribution in [-0.4, -0.2) is 23.8 Å². The van der Waals surface area contributed by atoms with E-state index < -0.39 is 11.9 Å². The maximum absolute atomic E-state index is 12.5. The van der Waals surface area contributed by atoms with E-state index in [2.05, 4.69) is 5.32 Å². The number of hydrogen-bond acceptors (Lipinski definition) is 3. The van der Waals surface area contributed by atoms with Gasteiger partial charge in [-0.15, -0.1) is 0 Å². The zero-order valence-corrected chi connectivity index (χ0v) is 13.0. The first-order valence-corrected chi connectivity index (χ1v) is 7.98. The van der Waals surface area contributed by atoms with E-state index in [-0.39, 0.29) is 18.2 Å². The van der Waals surface area contributed by atoms with Gasteiger partial charge in [0, 0.05) is 12.1 Å². The molecule has 1 saturated heterocycles. The molecule has 5 heteroatoms. The van der Waals surface area contributed by atoms with Crippen LogP contribution in [0.4, 0.5) is 5.69 Å². The number of nitrogens with one attached hydrogen (secondary N) is 1. The van der Waals surface area contributed by atoms with E-state index in [4.69, 9.17) is 0 Å². The second-order valence-corrected chi connectivity index (χ2v) is 6.07. The molecule has 1 N–H and O–H groups in total. The van der Waals surface area contributed by atoms with Crippen molar-refractivity contribution >= 4 is 23.4 Å². The van der Waals surface area contributed by atoms with Gasteiger partial charge in [0.1, 0.15) is 6.04 Å². The normalized spacial score (nSPS) is 20.1. The highest BCUT2D eigenvalue weighted by atomic mass is 16.2. The molecule has 0 saturated carbocycles. The van der Waals surface area contributed by atoms with Gasteiger partial charge >= 0.3 is 0 Å². The number of imide groups is 1. The minimum absolute atomic E-state index is 0.0274. The van der Waals surface area contributed by atoms with Gasteiger partial charge in [0.2, 0.25) is 17.7 Å². The molecule has 4 rings (SSSR count). The van der Waals surface area contributed by atoms with E-state index in [9.17, 15) is 14.4 Å². The smallest absolute Gasteiger partial charge is 0.250 e. The van der Waals surface area contributed by atoms with Gasteiger partial charge < -0.3 is 0 Å². The third kappa shape index (κ3) is 2.29. The van der Waals surface area contributed by atoms with Crippen molar-refractivity contribution in [2.45, 2.75) is 25.3 Å². The van der Waals surface area contributed by atoms with E-state index in [1.165, 1.54) is 4.90 Å². The molecule has 0 radical (unpaired) electrons. The zero-order valence-electron chi connectivity index (χ0n) is 13.0. The quantitative estimate of drug-likeness (QED) is 0.861. The highest BCUT2D eigenvalue weighted by Crippen LogP contribution is 2.37. The van der Waals surface area contributed by atoms with Crippen LogP contribution in [0.2, 0.25) is 0 Å². The molecular formula is C19H16N2O3. The van der Waals surface area contributed by atoms with E-state index >= 15 is 0 Å². The molecule has 2 heterocycles. The summed E-state index contributed by atoms with van der Waals surface area (Å²) < 4.78 is 0. The fraction of sp³-hybridized carbons (Fsp3) is 0.211. The van der Waals surface area contributed by atoms with Gasteiger partial charge in [-0.1, -0.05) is 42.5 Å². The number of fused-ring (bicyclic) bond motifs is 1. The molecule has 1 unspecified atom stereocenters. The standard InChI is InChI=1S/C19H16N2O3/c22-17-11-16(19(24)20-17)21-15-8-4-7-13(12-5-2-1-3-6-12)14(15)9-10-18(21)23/h1-8,16H,9-11H2,(H,20,22,24). The van der Waals surface area contributed by atoms with Gasteiger partial charge in [-0.05, 0) is 29.2 Å². The average molecular weight is 320 g/mol. The number of benzene rings is 2. The summed E-state index contributed by atoms with van der Waals surface area (Å²) in [4.78, 5) is 37.6. The summed E-state index contributed by atoms with van der Waals surface area (Å²) in [6.07, 6.45) is 1.01. The monoisotopic (exact) mass is 320 g/mol. The van der Waals surface area contributed by atoms with Crippen molar-refractivity contribution < 1.29 is 14.4 Å². The molecule has 120 valence electrons. The topological polar surface area (TPSA) is 66.5 Å². The van der Waals surface area contributed by atoms with Crippen molar-refractivity contribution in [2.24, 2.45) is 0 Å². The Morgan fingerprint density at radius 1 is 0.917 bits per heavy atom. The predicted molar refractivity (Wildman–Crippen MR) is 89.2 cm³/mol. The summed E-state index contributed by atoms with van der Waals surface area (Å²) in [5, 5.41) is 2.29. The number of amides is 3. The second kappa shape index (κ2) is 5.60. The summed E-state index contributed by atoms with van der Waals surface area (Å²) in [5.74, 6) is -0.835. The largest absolute Gasteiger partial charge is 0.299 e. The van der Waals surface area contributed by atoms with E-state index in [1.54, 1.807) is 0 Å². The Hall–Kier alpha value is -2.95. The maximum atomic E-state index is 12.5. The van der Waals surface area contributed by atoms with Crippen LogP contribution in [0.15, 0.2) is 48.5 Å². The van der Waals surface area contributed by atoms with E-state index in [0.717, 1.165) is 22.4 Å². The fourth-order valence-electron chi connectivity index (χ4n) is 3.53. The first-order chi connectivity index (χ1) is 11.6. The van der Waals surface area contributed by atoms with Gasteiger partial charge in [-0.2, -0.15) is 0 Å². The van der Waals surface area contributed by atoms with Crippen LogP contribution in [0, 0.1) is 0 Å². The fourth-order valence-corrected chi connectivity index (χ4v) is 3.53. The Labute approximate surface area is 139 Å². The number of anilines is 1. The van der Waals surface area contributed by atoms with Crippen LogP contribution in [-0.2, 0) is 20.8 Å². The number of rotatable bonds is 2. The molecule has 2 aliphatic heterocycles. The van der Waals surface area contributed by atoms with Crippen LogP contribution in [0.1, 0.15) is 18.4 Å². The molecule has 1 fully saturated rings. The molecule has 3 amide bonds. The molecule has 2 aromatic rings. The highest BCUT2D eigenvalue weighted by molar-refractivity contribution is 6.12. The zero-order chi connectivity index (χ0) is 16.7.